The Balaban J connectivity index is 2.75. The molecule has 1 aromatic carbocycles. The van der Waals surface area contributed by atoms with Crippen molar-refractivity contribution in [1.29, 1.82) is 0 Å². The molecular weight excluding hydrogens is 254 g/mol. The first-order valence-electron chi connectivity index (χ1n) is 5.88. The molecule has 0 aliphatic rings. The molecule has 1 aromatic rings. The molecule has 0 aliphatic heterocycles. The van der Waals surface area contributed by atoms with Crippen LogP contribution in [0.3, 0.4) is 0 Å². The summed E-state index contributed by atoms with van der Waals surface area (Å²) < 4.78 is 36.0. The second kappa shape index (κ2) is 7.47. The van der Waals surface area contributed by atoms with Crippen LogP contribution in [0, 0.1) is 0 Å². The summed E-state index contributed by atoms with van der Waals surface area (Å²) in [6, 6.07) is 8.65. The minimum Gasteiger partial charge on any atom is -0.306 e. The number of alkyl halides is 1. The van der Waals surface area contributed by atoms with Gasteiger partial charge >= 0.3 is 7.60 Å². The second-order valence-electron chi connectivity index (χ2n) is 3.53. The summed E-state index contributed by atoms with van der Waals surface area (Å²) in [7, 11) is -3.31. The summed E-state index contributed by atoms with van der Waals surface area (Å²) in [6.45, 7) is 3.93. The summed E-state index contributed by atoms with van der Waals surface area (Å²) in [4.78, 5) is 0. The first-order chi connectivity index (χ1) is 8.61. The zero-order valence-corrected chi connectivity index (χ0v) is 11.5. The highest BCUT2D eigenvalue weighted by molar-refractivity contribution is 7.57. The van der Waals surface area contributed by atoms with Crippen molar-refractivity contribution >= 4 is 7.60 Å². The molecule has 0 amide bonds. The molecule has 0 N–H and O–H groups in total. The van der Waals surface area contributed by atoms with E-state index in [4.69, 9.17) is 9.05 Å². The van der Waals surface area contributed by atoms with Crippen molar-refractivity contribution in [2.24, 2.45) is 0 Å². The number of allylic oxidation sites excluding steroid dienone is 1. The fourth-order valence-corrected chi connectivity index (χ4v) is 2.74. The lowest BCUT2D eigenvalue weighted by Gasteiger charge is -2.13. The summed E-state index contributed by atoms with van der Waals surface area (Å²) in [6.07, 6.45) is -0.109. The summed E-state index contributed by atoms with van der Waals surface area (Å²) in [5.74, 6) is 1.19. The van der Waals surface area contributed by atoms with Crippen LogP contribution in [0.4, 0.5) is 4.39 Å². The van der Waals surface area contributed by atoms with Gasteiger partial charge in [0.2, 0.25) is 0 Å². The van der Waals surface area contributed by atoms with Crippen molar-refractivity contribution in [3.05, 3.63) is 47.8 Å². The molecule has 0 saturated heterocycles. The Kier molecular flexibility index (Phi) is 6.27. The highest BCUT2D eigenvalue weighted by atomic mass is 31.2. The van der Waals surface area contributed by atoms with Crippen LogP contribution in [0.5, 0.6) is 0 Å². The van der Waals surface area contributed by atoms with Crippen LogP contribution in [0.2, 0.25) is 0 Å². The van der Waals surface area contributed by atoms with E-state index in [9.17, 15) is 8.96 Å². The van der Waals surface area contributed by atoms with Crippen LogP contribution in [0.1, 0.15) is 25.6 Å². The molecule has 0 spiro atoms. The molecule has 100 valence electrons. The first-order valence-corrected chi connectivity index (χ1v) is 7.49. The Hall–Kier alpha value is -0.960. The molecule has 3 nitrogen and oxygen atoms in total. The zero-order valence-electron chi connectivity index (χ0n) is 10.6. The topological polar surface area (TPSA) is 35.5 Å². The minimum atomic E-state index is -3.31. The number of rotatable bonds is 7. The quantitative estimate of drug-likeness (QED) is 0.687. The van der Waals surface area contributed by atoms with Gasteiger partial charge in [-0.25, -0.2) is 4.39 Å². The van der Waals surface area contributed by atoms with Crippen LogP contribution in [0.25, 0.3) is 0 Å². The Morgan fingerprint density at radius 1 is 1.22 bits per heavy atom. The molecule has 18 heavy (non-hydrogen) atoms. The average molecular weight is 272 g/mol. The molecule has 0 heterocycles. The summed E-state index contributed by atoms with van der Waals surface area (Å²) in [5, 5.41) is 0. The van der Waals surface area contributed by atoms with Crippen LogP contribution in [0.15, 0.2) is 42.2 Å². The van der Waals surface area contributed by atoms with Gasteiger partial charge in [0.05, 0.1) is 13.2 Å². The Morgan fingerprint density at radius 3 is 2.28 bits per heavy atom. The summed E-state index contributed by atoms with van der Waals surface area (Å²) >= 11 is 0. The van der Waals surface area contributed by atoms with Crippen LogP contribution in [-0.2, 0) is 13.6 Å². The molecule has 0 aromatic heterocycles. The molecule has 1 unspecified atom stereocenters. The number of hydrogen-bond acceptors (Lipinski definition) is 3. The van der Waals surface area contributed by atoms with Crippen molar-refractivity contribution in [2.45, 2.75) is 20.0 Å². The highest BCUT2D eigenvalue weighted by Crippen LogP contribution is 2.50. The first kappa shape index (κ1) is 15.1. The van der Waals surface area contributed by atoms with Gasteiger partial charge in [0.15, 0.2) is 0 Å². The van der Waals surface area contributed by atoms with E-state index in [-0.39, 0.29) is 13.2 Å². The lowest BCUT2D eigenvalue weighted by molar-refractivity contribution is 0.228. The van der Waals surface area contributed by atoms with Crippen molar-refractivity contribution < 1.29 is 18.0 Å². The minimum absolute atomic E-state index is 0.254. The predicted octanol–water partition coefficient (Wildman–Crippen LogP) is 4.48. The van der Waals surface area contributed by atoms with Gasteiger partial charge in [-0.05, 0) is 25.5 Å². The maximum Gasteiger partial charge on any atom is 0.353 e. The number of benzene rings is 1. The zero-order chi connectivity index (χ0) is 13.4. The Bertz CT molecular complexity index is 410. The lowest BCUT2D eigenvalue weighted by Crippen LogP contribution is -1.94. The fraction of sp³-hybridized carbons (Fsp3) is 0.385. The molecule has 0 bridgehead atoms. The third kappa shape index (κ3) is 4.73. The second-order valence-corrected chi connectivity index (χ2v) is 5.42. The largest absolute Gasteiger partial charge is 0.353 e. The highest BCUT2D eigenvalue weighted by Gasteiger charge is 2.20. The molecule has 5 heteroatoms. The van der Waals surface area contributed by atoms with Gasteiger partial charge in [0, 0.05) is 5.82 Å². The van der Waals surface area contributed by atoms with E-state index in [1.807, 2.05) is 6.07 Å². The van der Waals surface area contributed by atoms with E-state index in [1.54, 1.807) is 38.1 Å². The van der Waals surface area contributed by atoms with E-state index < -0.39 is 13.8 Å². The molecular formula is C13H18FO3P. The Morgan fingerprint density at radius 2 is 1.78 bits per heavy atom. The van der Waals surface area contributed by atoms with E-state index >= 15 is 0 Å². The van der Waals surface area contributed by atoms with Gasteiger partial charge in [-0.15, -0.1) is 0 Å². The maximum atomic E-state index is 13.8. The van der Waals surface area contributed by atoms with Gasteiger partial charge < -0.3 is 9.05 Å². The molecule has 0 fully saturated rings. The molecule has 0 radical (unpaired) electrons. The van der Waals surface area contributed by atoms with Crippen molar-refractivity contribution in [3.63, 3.8) is 0 Å². The van der Waals surface area contributed by atoms with E-state index in [0.29, 0.717) is 5.56 Å². The number of halogens is 1. The van der Waals surface area contributed by atoms with E-state index in [0.717, 1.165) is 0 Å². The van der Waals surface area contributed by atoms with Gasteiger partial charge in [0.1, 0.15) is 6.17 Å². The van der Waals surface area contributed by atoms with Crippen LogP contribution < -0.4 is 0 Å². The average Bonchev–Trinajstić information content (AvgIpc) is 2.38. The predicted molar refractivity (Wildman–Crippen MR) is 70.3 cm³/mol. The van der Waals surface area contributed by atoms with Gasteiger partial charge in [-0.1, -0.05) is 30.3 Å². The monoisotopic (exact) mass is 272 g/mol. The third-order valence-electron chi connectivity index (χ3n) is 2.17. The van der Waals surface area contributed by atoms with Crippen LogP contribution >= 0.6 is 7.60 Å². The smallest absolute Gasteiger partial charge is 0.306 e. The molecule has 0 saturated carbocycles. The van der Waals surface area contributed by atoms with Crippen molar-refractivity contribution in [3.8, 4) is 0 Å². The lowest BCUT2D eigenvalue weighted by atomic mass is 10.1. The SMILES string of the molecule is CCOP(=O)(C=CC(F)c1ccccc1)OCC. The maximum absolute atomic E-state index is 13.8. The standard InChI is InChI=1S/C13H18FO3P/c1-3-16-18(15,17-4-2)11-10-13(14)12-8-6-5-7-9-12/h5-11,13H,3-4H2,1-2H3. The number of hydrogen-bond donors (Lipinski definition) is 0. The fourth-order valence-electron chi connectivity index (χ4n) is 1.41. The van der Waals surface area contributed by atoms with Gasteiger partial charge in [-0.3, -0.25) is 4.57 Å². The van der Waals surface area contributed by atoms with Gasteiger partial charge in [0.25, 0.3) is 0 Å². The van der Waals surface area contributed by atoms with E-state index in [1.165, 1.54) is 11.9 Å². The normalized spacial score (nSPS) is 13.9. The van der Waals surface area contributed by atoms with Gasteiger partial charge in [-0.2, -0.15) is 0 Å². The molecule has 1 atom stereocenters. The third-order valence-corrected chi connectivity index (χ3v) is 3.95. The molecule has 0 aliphatic carbocycles. The Labute approximate surface area is 107 Å². The van der Waals surface area contributed by atoms with E-state index in [2.05, 4.69) is 0 Å². The van der Waals surface area contributed by atoms with Crippen molar-refractivity contribution in [1.82, 2.24) is 0 Å². The van der Waals surface area contributed by atoms with Crippen LogP contribution in [-0.4, -0.2) is 13.2 Å². The van der Waals surface area contributed by atoms with Crippen molar-refractivity contribution in [2.75, 3.05) is 13.2 Å². The summed E-state index contributed by atoms with van der Waals surface area (Å²) in [5.41, 5.74) is 0.508. The molecule has 1 rings (SSSR count).